The summed E-state index contributed by atoms with van der Waals surface area (Å²) in [7, 11) is -2.53. The van der Waals surface area contributed by atoms with Crippen LogP contribution in [0.1, 0.15) is 24.8 Å². The molecule has 0 amide bonds. The van der Waals surface area contributed by atoms with Crippen LogP contribution in [0.5, 0.6) is 0 Å². The van der Waals surface area contributed by atoms with Crippen LogP contribution in [0, 0.1) is 5.92 Å². The lowest BCUT2D eigenvalue weighted by Gasteiger charge is -2.32. The van der Waals surface area contributed by atoms with Gasteiger partial charge in [-0.15, -0.1) is 0 Å². The first-order chi connectivity index (χ1) is 10.9. The van der Waals surface area contributed by atoms with Gasteiger partial charge in [0.25, 0.3) is 0 Å². The van der Waals surface area contributed by atoms with E-state index >= 15 is 0 Å². The van der Waals surface area contributed by atoms with Crippen LogP contribution in [0.4, 0.5) is 8.78 Å². The number of benzene rings is 1. The van der Waals surface area contributed by atoms with Crippen LogP contribution >= 0.6 is 0 Å². The zero-order valence-corrected chi connectivity index (χ0v) is 14.2. The monoisotopic (exact) mass is 346 g/mol. The maximum Gasteiger partial charge on any atom is 0.341 e. The summed E-state index contributed by atoms with van der Waals surface area (Å²) in [5.41, 5.74) is 0.951. The molecule has 1 fully saturated rings. The third-order valence-corrected chi connectivity index (χ3v) is 5.80. The molecular formula is C16H24F2N2O2S. The molecule has 0 spiro atoms. The van der Waals surface area contributed by atoms with Gasteiger partial charge in [0.1, 0.15) is 0 Å². The van der Waals surface area contributed by atoms with Gasteiger partial charge in [-0.25, -0.2) is 8.42 Å². The molecule has 1 aliphatic rings. The molecule has 1 aromatic carbocycles. The fourth-order valence-corrected chi connectivity index (χ4v) is 3.65. The molecule has 0 unspecified atom stereocenters. The quantitative estimate of drug-likeness (QED) is 0.824. The van der Waals surface area contributed by atoms with Crippen molar-refractivity contribution in [1.82, 2.24) is 10.2 Å². The second-order valence-corrected chi connectivity index (χ2v) is 7.98. The predicted octanol–water partition coefficient (Wildman–Crippen LogP) is 2.50. The van der Waals surface area contributed by atoms with Gasteiger partial charge in [0, 0.05) is 6.54 Å². The molecule has 4 nitrogen and oxygen atoms in total. The van der Waals surface area contributed by atoms with Gasteiger partial charge in [-0.2, -0.15) is 8.78 Å². The zero-order valence-electron chi connectivity index (χ0n) is 13.3. The van der Waals surface area contributed by atoms with Crippen LogP contribution in [0.3, 0.4) is 0 Å². The maximum atomic E-state index is 12.5. The Morgan fingerprint density at radius 3 is 2.35 bits per heavy atom. The Labute approximate surface area is 136 Å². The number of halogens is 2. The summed E-state index contributed by atoms with van der Waals surface area (Å²) in [4.78, 5) is 2.01. The van der Waals surface area contributed by atoms with Gasteiger partial charge in [-0.1, -0.05) is 12.1 Å². The summed E-state index contributed by atoms with van der Waals surface area (Å²) in [6.07, 6.45) is 3.53. The van der Waals surface area contributed by atoms with Crippen LogP contribution in [0.25, 0.3) is 0 Å². The topological polar surface area (TPSA) is 49.4 Å². The zero-order chi connectivity index (χ0) is 16.9. The molecule has 1 saturated heterocycles. The fourth-order valence-electron chi connectivity index (χ4n) is 2.93. The van der Waals surface area contributed by atoms with Crippen LogP contribution in [0.2, 0.25) is 0 Å². The normalized spacial score (nSPS) is 17.7. The van der Waals surface area contributed by atoms with Crippen LogP contribution < -0.4 is 5.32 Å². The molecule has 0 radical (unpaired) electrons. The fraction of sp³-hybridized carbons (Fsp3) is 0.625. The van der Waals surface area contributed by atoms with Crippen molar-refractivity contribution in [3.05, 3.63) is 29.8 Å². The Morgan fingerprint density at radius 2 is 1.83 bits per heavy atom. The summed E-state index contributed by atoms with van der Waals surface area (Å²) in [5.74, 6) is -2.61. The number of hydrogen-bond donors (Lipinski definition) is 1. The highest BCUT2D eigenvalue weighted by atomic mass is 32.2. The number of alkyl halides is 2. The lowest BCUT2D eigenvalue weighted by molar-refractivity contribution is 0.172. The SMILES string of the molecule is CNCCC1CCN(Cc2ccc(S(=O)(=O)C(F)F)cc2)CC1. The Hall–Kier alpha value is -1.05. The van der Waals surface area contributed by atoms with E-state index in [9.17, 15) is 17.2 Å². The predicted molar refractivity (Wildman–Crippen MR) is 86.2 cm³/mol. The Bertz CT molecular complexity index is 583. The molecule has 1 aliphatic heterocycles. The van der Waals surface area contributed by atoms with E-state index in [1.807, 2.05) is 7.05 Å². The lowest BCUT2D eigenvalue weighted by atomic mass is 9.93. The van der Waals surface area contributed by atoms with Crippen molar-refractivity contribution in [2.75, 3.05) is 26.7 Å². The van der Waals surface area contributed by atoms with Crippen molar-refractivity contribution in [3.63, 3.8) is 0 Å². The van der Waals surface area contributed by atoms with E-state index in [2.05, 4.69) is 10.2 Å². The van der Waals surface area contributed by atoms with E-state index < -0.39 is 15.6 Å². The van der Waals surface area contributed by atoms with Gasteiger partial charge in [0.2, 0.25) is 9.84 Å². The minimum absolute atomic E-state index is 0.318. The Kier molecular flexibility index (Phi) is 6.50. The molecule has 7 heteroatoms. The van der Waals surface area contributed by atoms with Crippen molar-refractivity contribution in [2.24, 2.45) is 5.92 Å². The number of nitrogens with zero attached hydrogens (tertiary/aromatic N) is 1. The molecule has 2 rings (SSSR count). The van der Waals surface area contributed by atoms with E-state index in [4.69, 9.17) is 0 Å². The van der Waals surface area contributed by atoms with Crippen molar-refractivity contribution in [1.29, 1.82) is 0 Å². The average molecular weight is 346 g/mol. The second kappa shape index (κ2) is 8.17. The summed E-state index contributed by atoms with van der Waals surface area (Å²) in [6.45, 7) is 3.81. The van der Waals surface area contributed by atoms with Crippen LogP contribution in [0.15, 0.2) is 29.2 Å². The number of rotatable bonds is 7. The number of hydrogen-bond acceptors (Lipinski definition) is 4. The third-order valence-electron chi connectivity index (χ3n) is 4.40. The minimum Gasteiger partial charge on any atom is -0.320 e. The molecule has 0 bridgehead atoms. The highest BCUT2D eigenvalue weighted by Crippen LogP contribution is 2.23. The summed E-state index contributed by atoms with van der Waals surface area (Å²) >= 11 is 0. The smallest absolute Gasteiger partial charge is 0.320 e. The molecule has 0 aromatic heterocycles. The molecule has 23 heavy (non-hydrogen) atoms. The molecule has 0 atom stereocenters. The van der Waals surface area contributed by atoms with E-state index in [0.29, 0.717) is 0 Å². The Morgan fingerprint density at radius 1 is 1.22 bits per heavy atom. The number of sulfone groups is 1. The van der Waals surface area contributed by atoms with Gasteiger partial charge < -0.3 is 5.32 Å². The average Bonchev–Trinajstić information content (AvgIpc) is 2.54. The summed E-state index contributed by atoms with van der Waals surface area (Å²) in [5, 5.41) is 3.18. The second-order valence-electron chi connectivity index (χ2n) is 6.06. The van der Waals surface area contributed by atoms with Gasteiger partial charge in [-0.3, -0.25) is 4.90 Å². The van der Waals surface area contributed by atoms with Crippen LogP contribution in [-0.4, -0.2) is 45.8 Å². The number of piperidine rings is 1. The molecular weight excluding hydrogens is 322 g/mol. The van der Waals surface area contributed by atoms with Gasteiger partial charge in [0.05, 0.1) is 4.90 Å². The first-order valence-electron chi connectivity index (χ1n) is 7.91. The van der Waals surface area contributed by atoms with Gasteiger partial charge >= 0.3 is 5.76 Å². The van der Waals surface area contributed by atoms with E-state index in [1.54, 1.807) is 12.1 Å². The Balaban J connectivity index is 1.88. The third kappa shape index (κ3) is 4.96. The van der Waals surface area contributed by atoms with Crippen molar-refractivity contribution < 1.29 is 17.2 Å². The van der Waals surface area contributed by atoms with E-state index in [0.717, 1.165) is 37.7 Å². The lowest BCUT2D eigenvalue weighted by Crippen LogP contribution is -2.34. The molecule has 0 aliphatic carbocycles. The first kappa shape index (κ1) is 18.3. The first-order valence-corrected chi connectivity index (χ1v) is 9.46. The molecule has 1 N–H and O–H groups in total. The molecule has 0 saturated carbocycles. The van der Waals surface area contributed by atoms with Gasteiger partial charge in [0.15, 0.2) is 0 Å². The van der Waals surface area contributed by atoms with Crippen molar-refractivity contribution in [2.45, 2.75) is 36.5 Å². The maximum absolute atomic E-state index is 12.5. The largest absolute Gasteiger partial charge is 0.341 e. The number of nitrogens with one attached hydrogen (secondary N) is 1. The number of likely N-dealkylation sites (tertiary alicyclic amines) is 1. The summed E-state index contributed by atoms with van der Waals surface area (Å²) < 4.78 is 47.8. The highest BCUT2D eigenvalue weighted by molar-refractivity contribution is 7.91. The van der Waals surface area contributed by atoms with Gasteiger partial charge in [-0.05, 0) is 69.6 Å². The van der Waals surface area contributed by atoms with E-state index in [1.165, 1.54) is 31.4 Å². The molecule has 1 heterocycles. The minimum atomic E-state index is -4.50. The molecule has 1 aromatic rings. The molecule has 130 valence electrons. The summed E-state index contributed by atoms with van der Waals surface area (Å²) in [6, 6.07) is 5.80. The van der Waals surface area contributed by atoms with Crippen LogP contribution in [-0.2, 0) is 16.4 Å². The standard InChI is InChI=1S/C16H24F2N2O2S/c1-19-9-6-13-7-10-20(11-8-13)12-14-2-4-15(5-3-14)23(21,22)16(17)18/h2-5,13,16,19H,6-12H2,1H3. The highest BCUT2D eigenvalue weighted by Gasteiger charge is 2.26. The van der Waals surface area contributed by atoms with Crippen molar-refractivity contribution >= 4 is 9.84 Å². The van der Waals surface area contributed by atoms with Crippen molar-refractivity contribution in [3.8, 4) is 0 Å². The van der Waals surface area contributed by atoms with E-state index in [-0.39, 0.29) is 4.90 Å².